The number of amides is 1. The quantitative estimate of drug-likeness (QED) is 0.616. The number of benzene rings is 1. The van der Waals surface area contributed by atoms with Crippen molar-refractivity contribution in [2.24, 2.45) is 7.05 Å². The van der Waals surface area contributed by atoms with Gasteiger partial charge < -0.3 is 9.80 Å². The lowest BCUT2D eigenvalue weighted by Gasteiger charge is -2.38. The average molecular weight is 434 g/mol. The predicted octanol–water partition coefficient (Wildman–Crippen LogP) is 2.85. The van der Waals surface area contributed by atoms with Crippen LogP contribution in [0.5, 0.6) is 0 Å². The molecule has 3 aromatic rings. The molecule has 0 unspecified atom stereocenters. The fourth-order valence-corrected chi connectivity index (χ4v) is 5.07. The molecule has 1 aromatic carbocycles. The Morgan fingerprint density at radius 3 is 2.53 bits per heavy atom. The van der Waals surface area contributed by atoms with E-state index in [1.54, 1.807) is 11.0 Å². The van der Waals surface area contributed by atoms with Gasteiger partial charge in [0.05, 0.1) is 18.1 Å². The highest BCUT2D eigenvalue weighted by atomic mass is 16.2. The first-order valence-corrected chi connectivity index (χ1v) is 11.7. The van der Waals surface area contributed by atoms with E-state index in [0.717, 1.165) is 61.6 Å². The van der Waals surface area contributed by atoms with Gasteiger partial charge in [-0.1, -0.05) is 37.5 Å². The number of nitrogens with zero attached hydrogens (tertiary/aromatic N) is 7. The predicted molar refractivity (Wildman–Crippen MR) is 126 cm³/mol. The number of piperazine rings is 1. The summed E-state index contributed by atoms with van der Waals surface area (Å²) >= 11 is 0. The van der Waals surface area contributed by atoms with Crippen molar-refractivity contribution in [2.45, 2.75) is 38.1 Å². The maximum atomic E-state index is 13.5. The maximum absolute atomic E-state index is 13.5. The van der Waals surface area contributed by atoms with Gasteiger partial charge in [-0.3, -0.25) is 14.4 Å². The van der Waals surface area contributed by atoms with Crippen LogP contribution in [-0.2, 0) is 11.8 Å². The number of aromatic nitrogens is 4. The zero-order valence-corrected chi connectivity index (χ0v) is 18.7. The SMILES string of the molecule is Cn1ncc2c(N3CCN(CC(=O)N(c4ccccc4)C4CCCCC4)CC3)ncnc21. The summed E-state index contributed by atoms with van der Waals surface area (Å²) in [5.74, 6) is 1.15. The summed E-state index contributed by atoms with van der Waals surface area (Å²) in [5.41, 5.74) is 1.88. The van der Waals surface area contributed by atoms with Crippen LogP contribution in [0, 0.1) is 0 Å². The van der Waals surface area contributed by atoms with Gasteiger partial charge in [-0.05, 0) is 25.0 Å². The second-order valence-corrected chi connectivity index (χ2v) is 8.86. The minimum atomic E-state index is 0.216. The first-order valence-electron chi connectivity index (χ1n) is 11.7. The number of carbonyl (C=O) groups excluding carboxylic acids is 1. The topological polar surface area (TPSA) is 70.4 Å². The van der Waals surface area contributed by atoms with E-state index in [0.29, 0.717) is 12.6 Å². The van der Waals surface area contributed by atoms with Crippen molar-refractivity contribution in [3.63, 3.8) is 0 Å². The summed E-state index contributed by atoms with van der Waals surface area (Å²) in [7, 11) is 1.90. The number of aryl methyl sites for hydroxylation is 1. The number of hydrogen-bond acceptors (Lipinski definition) is 6. The van der Waals surface area contributed by atoms with Gasteiger partial charge in [-0.2, -0.15) is 5.10 Å². The minimum absolute atomic E-state index is 0.216. The molecule has 0 spiro atoms. The van der Waals surface area contributed by atoms with Gasteiger partial charge in [-0.15, -0.1) is 0 Å². The first-order chi connectivity index (χ1) is 15.7. The third-order valence-corrected chi connectivity index (χ3v) is 6.78. The van der Waals surface area contributed by atoms with Crippen LogP contribution >= 0.6 is 0 Å². The average Bonchev–Trinajstić information content (AvgIpc) is 3.22. The molecular weight excluding hydrogens is 402 g/mol. The highest BCUT2D eigenvalue weighted by molar-refractivity contribution is 5.95. The van der Waals surface area contributed by atoms with Gasteiger partial charge in [-0.25, -0.2) is 9.97 Å². The molecule has 2 aliphatic rings. The van der Waals surface area contributed by atoms with Crippen molar-refractivity contribution in [1.82, 2.24) is 24.6 Å². The normalized spacial score (nSPS) is 18.2. The van der Waals surface area contributed by atoms with E-state index >= 15 is 0 Å². The van der Waals surface area contributed by atoms with Gasteiger partial charge in [0.25, 0.3) is 0 Å². The van der Waals surface area contributed by atoms with Crippen LogP contribution in [0.2, 0.25) is 0 Å². The molecule has 1 saturated carbocycles. The molecule has 2 fully saturated rings. The Bertz CT molecular complexity index is 1050. The molecule has 32 heavy (non-hydrogen) atoms. The molecule has 1 amide bonds. The smallest absolute Gasteiger partial charge is 0.241 e. The van der Waals surface area contributed by atoms with E-state index in [1.807, 2.05) is 31.4 Å². The third-order valence-electron chi connectivity index (χ3n) is 6.78. The van der Waals surface area contributed by atoms with Crippen LogP contribution in [-0.4, -0.2) is 69.3 Å². The Morgan fingerprint density at radius 1 is 1.03 bits per heavy atom. The van der Waals surface area contributed by atoms with Crippen LogP contribution < -0.4 is 9.80 Å². The molecule has 2 aromatic heterocycles. The van der Waals surface area contributed by atoms with Crippen molar-refractivity contribution >= 4 is 28.4 Å². The summed E-state index contributed by atoms with van der Waals surface area (Å²) in [6, 6.07) is 10.5. The van der Waals surface area contributed by atoms with Crippen molar-refractivity contribution < 1.29 is 4.79 Å². The van der Waals surface area contributed by atoms with Crippen molar-refractivity contribution in [2.75, 3.05) is 42.5 Å². The Hall–Kier alpha value is -3.00. The standard InChI is InChI=1S/C24H31N7O/c1-28-23-21(16-27-28)24(26-18-25-23)30-14-12-29(13-15-30)17-22(32)31(19-8-4-2-5-9-19)20-10-6-3-7-11-20/h2,4-5,8-9,16,18,20H,3,6-7,10-15,17H2,1H3. The molecule has 5 rings (SSSR count). The summed E-state index contributed by atoms with van der Waals surface area (Å²) < 4.78 is 1.78. The van der Waals surface area contributed by atoms with E-state index in [4.69, 9.17) is 0 Å². The Labute approximate surface area is 188 Å². The first kappa shape index (κ1) is 20.9. The van der Waals surface area contributed by atoms with Crippen LogP contribution in [0.3, 0.4) is 0 Å². The lowest BCUT2D eigenvalue weighted by atomic mass is 9.93. The zero-order chi connectivity index (χ0) is 21.9. The summed E-state index contributed by atoms with van der Waals surface area (Å²) in [6.07, 6.45) is 9.35. The summed E-state index contributed by atoms with van der Waals surface area (Å²) in [6.45, 7) is 3.81. The van der Waals surface area contributed by atoms with E-state index in [1.165, 1.54) is 19.3 Å². The fraction of sp³-hybridized carbons (Fsp3) is 0.500. The van der Waals surface area contributed by atoms with Gasteiger partial charge in [0.2, 0.25) is 5.91 Å². The van der Waals surface area contributed by atoms with E-state index in [2.05, 4.69) is 41.9 Å². The monoisotopic (exact) mass is 433 g/mol. The molecule has 8 heteroatoms. The molecule has 0 atom stereocenters. The lowest BCUT2D eigenvalue weighted by Crippen LogP contribution is -2.52. The summed E-state index contributed by atoms with van der Waals surface area (Å²) in [5, 5.41) is 5.30. The number of anilines is 2. The minimum Gasteiger partial charge on any atom is -0.353 e. The zero-order valence-electron chi connectivity index (χ0n) is 18.7. The second kappa shape index (κ2) is 9.24. The fourth-order valence-electron chi connectivity index (χ4n) is 5.07. The summed E-state index contributed by atoms with van der Waals surface area (Å²) in [4.78, 5) is 29.0. The number of rotatable bonds is 5. The van der Waals surface area contributed by atoms with Crippen molar-refractivity contribution in [3.8, 4) is 0 Å². The van der Waals surface area contributed by atoms with Gasteiger partial charge in [0, 0.05) is 45.0 Å². The lowest BCUT2D eigenvalue weighted by molar-refractivity contribution is -0.120. The molecule has 0 radical (unpaired) electrons. The largest absolute Gasteiger partial charge is 0.353 e. The van der Waals surface area contributed by atoms with Crippen LogP contribution in [0.1, 0.15) is 32.1 Å². The Morgan fingerprint density at radius 2 is 1.78 bits per heavy atom. The van der Waals surface area contributed by atoms with Crippen LogP contribution in [0.25, 0.3) is 11.0 Å². The number of hydrogen-bond donors (Lipinski definition) is 0. The number of carbonyl (C=O) groups is 1. The highest BCUT2D eigenvalue weighted by Gasteiger charge is 2.29. The molecule has 8 nitrogen and oxygen atoms in total. The molecule has 3 heterocycles. The highest BCUT2D eigenvalue weighted by Crippen LogP contribution is 2.28. The van der Waals surface area contributed by atoms with E-state index in [9.17, 15) is 4.79 Å². The molecule has 1 aliphatic heterocycles. The Balaban J connectivity index is 1.26. The van der Waals surface area contributed by atoms with Crippen molar-refractivity contribution in [3.05, 3.63) is 42.9 Å². The van der Waals surface area contributed by atoms with Crippen molar-refractivity contribution in [1.29, 1.82) is 0 Å². The molecule has 0 N–H and O–H groups in total. The maximum Gasteiger partial charge on any atom is 0.241 e. The molecule has 1 saturated heterocycles. The molecular formula is C24H31N7O. The van der Waals surface area contributed by atoms with E-state index < -0.39 is 0 Å². The second-order valence-electron chi connectivity index (χ2n) is 8.86. The number of para-hydroxylation sites is 1. The van der Waals surface area contributed by atoms with Gasteiger partial charge in [0.1, 0.15) is 12.1 Å². The van der Waals surface area contributed by atoms with E-state index in [-0.39, 0.29) is 5.91 Å². The Kier molecular flexibility index (Phi) is 6.03. The van der Waals surface area contributed by atoms with Crippen LogP contribution in [0.4, 0.5) is 11.5 Å². The molecule has 0 bridgehead atoms. The molecule has 168 valence electrons. The molecule has 1 aliphatic carbocycles. The number of fused-ring (bicyclic) bond motifs is 1. The third kappa shape index (κ3) is 4.19. The van der Waals surface area contributed by atoms with Gasteiger partial charge in [0.15, 0.2) is 5.65 Å². The van der Waals surface area contributed by atoms with Gasteiger partial charge >= 0.3 is 0 Å². The van der Waals surface area contributed by atoms with Crippen LogP contribution in [0.15, 0.2) is 42.9 Å².